The summed E-state index contributed by atoms with van der Waals surface area (Å²) >= 11 is 5.92. The van der Waals surface area contributed by atoms with Crippen molar-refractivity contribution in [3.8, 4) is 0 Å². The van der Waals surface area contributed by atoms with Crippen molar-refractivity contribution in [1.82, 2.24) is 9.38 Å². The third kappa shape index (κ3) is 2.32. The highest BCUT2D eigenvalue weighted by atomic mass is 35.5. The Morgan fingerprint density at radius 2 is 1.78 bits per heavy atom. The van der Waals surface area contributed by atoms with E-state index in [2.05, 4.69) is 4.98 Å². The van der Waals surface area contributed by atoms with Gasteiger partial charge in [-0.05, 0) is 11.5 Å². The Bertz CT molecular complexity index is 594. The standard InChI is InChI=1S/C12H12ClF3N2/c1-11(2,3)8-4-7(13)5-18-6-9(12(14,15)16)17-10(8)18/h4-6H,1-3H3. The first-order valence-corrected chi connectivity index (χ1v) is 5.73. The van der Waals surface area contributed by atoms with Crippen LogP contribution in [0.15, 0.2) is 18.5 Å². The highest BCUT2D eigenvalue weighted by molar-refractivity contribution is 6.30. The van der Waals surface area contributed by atoms with Crippen molar-refractivity contribution in [3.63, 3.8) is 0 Å². The summed E-state index contributed by atoms with van der Waals surface area (Å²) in [5.74, 6) is 0. The van der Waals surface area contributed by atoms with E-state index in [1.54, 1.807) is 6.07 Å². The third-order valence-corrected chi connectivity index (χ3v) is 2.82. The van der Waals surface area contributed by atoms with E-state index in [1.165, 1.54) is 10.6 Å². The van der Waals surface area contributed by atoms with Crippen molar-refractivity contribution >= 4 is 17.2 Å². The molecule has 0 aromatic carbocycles. The van der Waals surface area contributed by atoms with E-state index in [-0.39, 0.29) is 5.41 Å². The van der Waals surface area contributed by atoms with Gasteiger partial charge in [0.25, 0.3) is 0 Å². The van der Waals surface area contributed by atoms with Gasteiger partial charge in [-0.2, -0.15) is 13.2 Å². The molecule has 2 aromatic heterocycles. The summed E-state index contributed by atoms with van der Waals surface area (Å²) in [6.07, 6.45) is -2.07. The topological polar surface area (TPSA) is 17.3 Å². The predicted octanol–water partition coefficient (Wildman–Crippen LogP) is 4.30. The second-order valence-electron chi connectivity index (χ2n) is 5.18. The zero-order valence-corrected chi connectivity index (χ0v) is 10.9. The molecule has 0 bridgehead atoms. The SMILES string of the molecule is CC(C)(C)c1cc(Cl)cn2cc(C(F)(F)F)nc12. The molecule has 0 aliphatic rings. The van der Waals surface area contributed by atoms with E-state index in [0.717, 1.165) is 6.20 Å². The lowest BCUT2D eigenvalue weighted by Gasteiger charge is -2.19. The lowest BCUT2D eigenvalue weighted by atomic mass is 9.88. The van der Waals surface area contributed by atoms with Crippen molar-refractivity contribution in [2.75, 3.05) is 0 Å². The van der Waals surface area contributed by atoms with Crippen LogP contribution in [0, 0.1) is 0 Å². The molecule has 0 aliphatic heterocycles. The summed E-state index contributed by atoms with van der Waals surface area (Å²) in [6.45, 7) is 5.71. The molecule has 0 unspecified atom stereocenters. The van der Waals surface area contributed by atoms with Gasteiger partial charge >= 0.3 is 6.18 Å². The molecule has 2 rings (SSSR count). The maximum absolute atomic E-state index is 12.6. The molecule has 2 heterocycles. The summed E-state index contributed by atoms with van der Waals surface area (Å²) in [5, 5.41) is 0.388. The Hall–Kier alpha value is -1.23. The van der Waals surface area contributed by atoms with Gasteiger partial charge in [0.1, 0.15) is 5.65 Å². The maximum Gasteiger partial charge on any atom is 0.434 e. The van der Waals surface area contributed by atoms with Crippen molar-refractivity contribution in [3.05, 3.63) is 34.7 Å². The number of hydrogen-bond donors (Lipinski definition) is 0. The molecular weight excluding hydrogens is 265 g/mol. The van der Waals surface area contributed by atoms with Crippen LogP contribution >= 0.6 is 11.6 Å². The van der Waals surface area contributed by atoms with E-state index in [0.29, 0.717) is 16.2 Å². The highest BCUT2D eigenvalue weighted by Crippen LogP contribution is 2.33. The summed E-state index contributed by atoms with van der Waals surface area (Å²) in [7, 11) is 0. The highest BCUT2D eigenvalue weighted by Gasteiger charge is 2.34. The fourth-order valence-corrected chi connectivity index (χ4v) is 1.97. The Morgan fingerprint density at radius 1 is 1.17 bits per heavy atom. The molecule has 0 atom stereocenters. The normalized spacial score (nSPS) is 13.3. The first-order valence-electron chi connectivity index (χ1n) is 5.35. The maximum atomic E-state index is 12.6. The van der Waals surface area contributed by atoms with Crippen LogP contribution in [0.3, 0.4) is 0 Å². The Morgan fingerprint density at radius 3 is 2.28 bits per heavy atom. The smallest absolute Gasteiger partial charge is 0.305 e. The Balaban J connectivity index is 2.76. The lowest BCUT2D eigenvalue weighted by molar-refractivity contribution is -0.140. The van der Waals surface area contributed by atoms with Crippen LogP contribution in [-0.4, -0.2) is 9.38 Å². The van der Waals surface area contributed by atoms with Gasteiger partial charge in [0.05, 0.1) is 5.02 Å². The first kappa shape index (κ1) is 13.2. The van der Waals surface area contributed by atoms with Crippen LogP contribution in [0.25, 0.3) is 5.65 Å². The molecule has 0 saturated heterocycles. The summed E-state index contributed by atoms with van der Waals surface area (Å²) in [6, 6.07) is 1.66. The van der Waals surface area contributed by atoms with E-state index in [4.69, 9.17) is 11.6 Å². The van der Waals surface area contributed by atoms with Crippen LogP contribution < -0.4 is 0 Å². The molecule has 2 nitrogen and oxygen atoms in total. The minimum Gasteiger partial charge on any atom is -0.305 e. The van der Waals surface area contributed by atoms with Gasteiger partial charge in [-0.3, -0.25) is 0 Å². The van der Waals surface area contributed by atoms with Gasteiger partial charge in [-0.15, -0.1) is 0 Å². The Kier molecular flexibility index (Phi) is 2.85. The molecule has 18 heavy (non-hydrogen) atoms. The number of nitrogens with zero attached hydrogens (tertiary/aromatic N) is 2. The largest absolute Gasteiger partial charge is 0.434 e. The van der Waals surface area contributed by atoms with Gasteiger partial charge < -0.3 is 4.40 Å². The number of pyridine rings is 1. The average Bonchev–Trinajstić information content (AvgIpc) is 2.57. The minimum absolute atomic E-state index is 0.291. The van der Waals surface area contributed by atoms with Crippen LogP contribution in [0.1, 0.15) is 32.0 Å². The average molecular weight is 277 g/mol. The van der Waals surface area contributed by atoms with Crippen LogP contribution in [0.5, 0.6) is 0 Å². The number of imidazole rings is 1. The number of halogens is 4. The second-order valence-corrected chi connectivity index (χ2v) is 5.61. The van der Waals surface area contributed by atoms with Crippen LogP contribution in [0.2, 0.25) is 5.02 Å². The first-order chi connectivity index (χ1) is 8.09. The number of aromatic nitrogens is 2. The fourth-order valence-electron chi connectivity index (χ4n) is 1.75. The molecule has 2 aromatic rings. The van der Waals surface area contributed by atoms with Crippen molar-refractivity contribution < 1.29 is 13.2 Å². The van der Waals surface area contributed by atoms with Crippen molar-refractivity contribution in [1.29, 1.82) is 0 Å². The molecular formula is C12H12ClF3N2. The molecule has 0 spiro atoms. The monoisotopic (exact) mass is 276 g/mol. The zero-order valence-electron chi connectivity index (χ0n) is 10.1. The quantitative estimate of drug-likeness (QED) is 0.701. The summed E-state index contributed by atoms with van der Waals surface area (Å²) in [4.78, 5) is 3.67. The summed E-state index contributed by atoms with van der Waals surface area (Å²) < 4.78 is 39.3. The van der Waals surface area contributed by atoms with E-state index in [1.807, 2.05) is 20.8 Å². The number of fused-ring (bicyclic) bond motifs is 1. The van der Waals surface area contributed by atoms with Crippen LogP contribution in [-0.2, 0) is 11.6 Å². The van der Waals surface area contributed by atoms with Gasteiger partial charge in [0, 0.05) is 18.0 Å². The third-order valence-electron chi connectivity index (χ3n) is 2.62. The zero-order chi connectivity index (χ0) is 13.7. The van der Waals surface area contributed by atoms with Gasteiger partial charge in [0.15, 0.2) is 5.69 Å². The molecule has 0 N–H and O–H groups in total. The number of hydrogen-bond acceptors (Lipinski definition) is 1. The molecule has 98 valence electrons. The second kappa shape index (κ2) is 3.88. The van der Waals surface area contributed by atoms with E-state index >= 15 is 0 Å². The molecule has 0 saturated carbocycles. The molecule has 0 radical (unpaired) electrons. The number of rotatable bonds is 0. The summed E-state index contributed by atoms with van der Waals surface area (Å²) in [5.41, 5.74) is -0.264. The van der Waals surface area contributed by atoms with Gasteiger partial charge in [-0.25, -0.2) is 4.98 Å². The molecule has 0 amide bonds. The van der Waals surface area contributed by atoms with Gasteiger partial charge in [-0.1, -0.05) is 32.4 Å². The van der Waals surface area contributed by atoms with Gasteiger partial charge in [0.2, 0.25) is 0 Å². The van der Waals surface area contributed by atoms with E-state index in [9.17, 15) is 13.2 Å². The minimum atomic E-state index is -4.45. The van der Waals surface area contributed by atoms with Crippen molar-refractivity contribution in [2.24, 2.45) is 0 Å². The lowest BCUT2D eigenvalue weighted by Crippen LogP contribution is -2.13. The molecule has 0 aliphatic carbocycles. The molecule has 0 fully saturated rings. The fraction of sp³-hybridized carbons (Fsp3) is 0.417. The predicted molar refractivity (Wildman–Crippen MR) is 63.9 cm³/mol. The van der Waals surface area contributed by atoms with Crippen molar-refractivity contribution in [2.45, 2.75) is 32.4 Å². The van der Waals surface area contributed by atoms with Crippen LogP contribution in [0.4, 0.5) is 13.2 Å². The number of alkyl halides is 3. The Labute approximate surface area is 107 Å². The molecule has 6 heteroatoms. The van der Waals surface area contributed by atoms with E-state index < -0.39 is 11.9 Å².